The minimum absolute atomic E-state index is 0.0914. The van der Waals surface area contributed by atoms with Crippen molar-refractivity contribution in [3.8, 4) is 0 Å². The van der Waals surface area contributed by atoms with E-state index in [4.69, 9.17) is 17.2 Å². The van der Waals surface area contributed by atoms with E-state index in [1.807, 2.05) is 24.4 Å². The Balaban J connectivity index is 1.08. The van der Waals surface area contributed by atoms with Gasteiger partial charge < -0.3 is 20.0 Å². The Morgan fingerprint density at radius 2 is 1.63 bits per heavy atom. The summed E-state index contributed by atoms with van der Waals surface area (Å²) in [6.45, 7) is 3.43. The van der Waals surface area contributed by atoms with Gasteiger partial charge in [0.25, 0.3) is 5.91 Å². The van der Waals surface area contributed by atoms with Gasteiger partial charge in [-0.05, 0) is 80.1 Å². The van der Waals surface area contributed by atoms with Crippen molar-refractivity contribution in [1.29, 1.82) is 0 Å². The SMILES string of the molecule is CN(C)c1ccc(NC(=S)N2CCC(c3nc(C(=O)N4CCC(Cc5ccccc5)CC4)cs3)CC2)cc1. The fraction of sp³-hybridized carbons (Fsp3) is 0.433. The van der Waals surface area contributed by atoms with Crippen molar-refractivity contribution in [2.75, 3.05) is 50.5 Å². The van der Waals surface area contributed by atoms with Gasteiger partial charge in [0.15, 0.2) is 5.11 Å². The molecule has 0 spiro atoms. The highest BCUT2D eigenvalue weighted by Crippen LogP contribution is 2.31. The molecule has 6 nitrogen and oxygen atoms in total. The van der Waals surface area contributed by atoms with Crippen LogP contribution < -0.4 is 10.2 Å². The number of benzene rings is 2. The minimum Gasteiger partial charge on any atom is -0.378 e. The van der Waals surface area contributed by atoms with Crippen LogP contribution in [0, 0.1) is 5.92 Å². The van der Waals surface area contributed by atoms with Crippen LogP contribution in [0.1, 0.15) is 52.7 Å². The van der Waals surface area contributed by atoms with Gasteiger partial charge in [0.05, 0.1) is 5.01 Å². The maximum atomic E-state index is 13.2. The van der Waals surface area contributed by atoms with Crippen LogP contribution in [0.25, 0.3) is 0 Å². The van der Waals surface area contributed by atoms with Crippen LogP contribution in [0.4, 0.5) is 11.4 Å². The highest BCUT2D eigenvalue weighted by molar-refractivity contribution is 7.80. The first-order valence-electron chi connectivity index (χ1n) is 13.6. The second kappa shape index (κ2) is 12.3. The van der Waals surface area contributed by atoms with Crippen molar-refractivity contribution in [1.82, 2.24) is 14.8 Å². The number of nitrogens with zero attached hydrogens (tertiary/aromatic N) is 4. The normalized spacial score (nSPS) is 16.9. The molecule has 2 aromatic carbocycles. The zero-order chi connectivity index (χ0) is 26.5. The van der Waals surface area contributed by atoms with Gasteiger partial charge in [0.1, 0.15) is 5.69 Å². The summed E-state index contributed by atoms with van der Waals surface area (Å²) in [6.07, 6.45) is 5.21. The lowest BCUT2D eigenvalue weighted by Crippen LogP contribution is -2.40. The fourth-order valence-corrected chi connectivity index (χ4v) is 6.66. The summed E-state index contributed by atoms with van der Waals surface area (Å²) in [7, 11) is 4.07. The van der Waals surface area contributed by atoms with Gasteiger partial charge in [-0.2, -0.15) is 0 Å². The Kier molecular flexibility index (Phi) is 8.59. The number of carbonyl (C=O) groups is 1. The van der Waals surface area contributed by atoms with Gasteiger partial charge in [0.2, 0.25) is 0 Å². The number of thiazole rings is 1. The number of amides is 1. The number of likely N-dealkylation sites (tertiary alicyclic amines) is 2. The number of rotatable bonds is 6. The zero-order valence-electron chi connectivity index (χ0n) is 22.3. The van der Waals surface area contributed by atoms with E-state index in [9.17, 15) is 4.79 Å². The van der Waals surface area contributed by atoms with Gasteiger partial charge >= 0.3 is 0 Å². The first kappa shape index (κ1) is 26.6. The maximum Gasteiger partial charge on any atom is 0.273 e. The topological polar surface area (TPSA) is 51.7 Å². The molecular formula is C30H37N5OS2. The van der Waals surface area contributed by atoms with Crippen LogP contribution in [-0.2, 0) is 6.42 Å². The van der Waals surface area contributed by atoms with Crippen molar-refractivity contribution in [3.05, 3.63) is 76.2 Å². The Labute approximate surface area is 235 Å². The van der Waals surface area contributed by atoms with E-state index >= 15 is 0 Å². The summed E-state index contributed by atoms with van der Waals surface area (Å²) in [6, 6.07) is 19.0. The minimum atomic E-state index is 0.0914. The van der Waals surface area contributed by atoms with E-state index in [1.165, 1.54) is 5.56 Å². The van der Waals surface area contributed by atoms with Crippen molar-refractivity contribution in [2.45, 2.75) is 38.0 Å². The number of carbonyl (C=O) groups excluding carboxylic acids is 1. The largest absolute Gasteiger partial charge is 0.378 e. The fourth-order valence-electron chi connectivity index (χ4n) is 5.40. The maximum absolute atomic E-state index is 13.2. The van der Waals surface area contributed by atoms with E-state index in [1.54, 1.807) is 11.3 Å². The lowest BCUT2D eigenvalue weighted by molar-refractivity contribution is 0.0685. The average Bonchev–Trinajstić information content (AvgIpc) is 3.44. The molecule has 3 aromatic rings. The van der Waals surface area contributed by atoms with Crippen LogP contribution >= 0.6 is 23.6 Å². The van der Waals surface area contributed by atoms with Gasteiger partial charge in [-0.15, -0.1) is 11.3 Å². The number of anilines is 2. The summed E-state index contributed by atoms with van der Waals surface area (Å²) in [5, 5.41) is 7.20. The van der Waals surface area contributed by atoms with E-state index < -0.39 is 0 Å². The third-order valence-corrected chi connectivity index (χ3v) is 9.14. The molecule has 8 heteroatoms. The molecule has 0 unspecified atom stereocenters. The van der Waals surface area contributed by atoms with E-state index in [-0.39, 0.29) is 5.91 Å². The van der Waals surface area contributed by atoms with Gasteiger partial charge in [-0.25, -0.2) is 4.98 Å². The smallest absolute Gasteiger partial charge is 0.273 e. The Morgan fingerprint density at radius 3 is 2.29 bits per heavy atom. The highest BCUT2D eigenvalue weighted by Gasteiger charge is 2.28. The van der Waals surface area contributed by atoms with E-state index in [0.717, 1.165) is 79.8 Å². The number of piperidine rings is 2. The molecule has 200 valence electrons. The van der Waals surface area contributed by atoms with Crippen molar-refractivity contribution < 1.29 is 4.79 Å². The first-order chi connectivity index (χ1) is 18.5. The van der Waals surface area contributed by atoms with Crippen LogP contribution in [0.5, 0.6) is 0 Å². The molecule has 0 atom stereocenters. The third kappa shape index (κ3) is 6.53. The molecule has 2 fully saturated rings. The summed E-state index contributed by atoms with van der Waals surface area (Å²) < 4.78 is 0. The molecule has 2 aliphatic heterocycles. The predicted octanol–water partition coefficient (Wildman–Crippen LogP) is 5.88. The Hall–Kier alpha value is -2.97. The second-order valence-corrected chi connectivity index (χ2v) is 11.9. The molecule has 3 heterocycles. The molecule has 1 N–H and O–H groups in total. The average molecular weight is 548 g/mol. The van der Waals surface area contributed by atoms with E-state index in [0.29, 0.717) is 17.5 Å². The Morgan fingerprint density at radius 1 is 0.974 bits per heavy atom. The molecule has 38 heavy (non-hydrogen) atoms. The van der Waals surface area contributed by atoms with Crippen molar-refractivity contribution >= 4 is 45.9 Å². The monoisotopic (exact) mass is 547 g/mol. The number of hydrogen-bond donors (Lipinski definition) is 1. The molecule has 0 radical (unpaired) electrons. The predicted molar refractivity (Wildman–Crippen MR) is 161 cm³/mol. The van der Waals surface area contributed by atoms with Crippen LogP contribution in [0.3, 0.4) is 0 Å². The summed E-state index contributed by atoms with van der Waals surface area (Å²) in [5.74, 6) is 1.13. The molecule has 5 rings (SSSR count). The lowest BCUT2D eigenvalue weighted by atomic mass is 9.90. The summed E-state index contributed by atoms with van der Waals surface area (Å²) in [4.78, 5) is 24.3. The molecule has 2 aliphatic rings. The number of hydrogen-bond acceptors (Lipinski definition) is 5. The molecule has 0 saturated carbocycles. The molecule has 0 bridgehead atoms. The quantitative estimate of drug-likeness (QED) is 0.389. The van der Waals surface area contributed by atoms with Gasteiger partial charge in [0, 0.05) is 62.9 Å². The summed E-state index contributed by atoms with van der Waals surface area (Å²) >= 11 is 7.33. The van der Waals surface area contributed by atoms with Gasteiger partial charge in [-0.3, -0.25) is 4.79 Å². The lowest BCUT2D eigenvalue weighted by Gasteiger charge is -2.33. The van der Waals surface area contributed by atoms with Crippen LogP contribution in [-0.4, -0.2) is 66.1 Å². The molecular weight excluding hydrogens is 510 g/mol. The first-order valence-corrected chi connectivity index (χ1v) is 14.9. The number of aromatic nitrogens is 1. The molecule has 1 amide bonds. The molecule has 1 aromatic heterocycles. The molecule has 2 saturated heterocycles. The Bertz CT molecular complexity index is 1210. The number of thiocarbonyl (C=S) groups is 1. The van der Waals surface area contributed by atoms with Gasteiger partial charge in [-0.1, -0.05) is 30.3 Å². The standard InChI is InChI=1S/C30H37N5OS2/c1-33(2)26-10-8-25(9-11-26)31-30(37)35-18-14-24(15-19-35)28-32-27(21-38-28)29(36)34-16-12-23(13-17-34)20-22-6-4-3-5-7-22/h3-11,21,23-24H,12-20H2,1-2H3,(H,31,37). The van der Waals surface area contributed by atoms with Crippen molar-refractivity contribution in [2.24, 2.45) is 5.92 Å². The van der Waals surface area contributed by atoms with Crippen LogP contribution in [0.2, 0.25) is 0 Å². The summed E-state index contributed by atoms with van der Waals surface area (Å²) in [5.41, 5.74) is 4.18. The number of nitrogens with one attached hydrogen (secondary N) is 1. The van der Waals surface area contributed by atoms with Crippen LogP contribution in [0.15, 0.2) is 60.0 Å². The third-order valence-electron chi connectivity index (χ3n) is 7.78. The van der Waals surface area contributed by atoms with Crippen molar-refractivity contribution in [3.63, 3.8) is 0 Å². The highest BCUT2D eigenvalue weighted by atomic mass is 32.1. The zero-order valence-corrected chi connectivity index (χ0v) is 23.9. The molecule has 0 aliphatic carbocycles. The van der Waals surface area contributed by atoms with E-state index in [2.05, 4.69) is 69.7 Å². The second-order valence-electron chi connectivity index (χ2n) is 10.6.